The van der Waals surface area contributed by atoms with Gasteiger partial charge >= 0.3 is 12.0 Å². The summed E-state index contributed by atoms with van der Waals surface area (Å²) in [6.07, 6.45) is 0.538. The second-order valence-corrected chi connectivity index (χ2v) is 4.75. The number of aliphatic carboxylic acids is 1. The molecule has 0 radical (unpaired) electrons. The standard InChI is InChI=1S/C15H21FN2O3/c1-4-15(5-2,13(19)20)17-14(21)18(6-3)12-9-7-8-11(16)10-12/h7-10H,4-6H2,1-3H3,(H,17,21)(H,19,20). The molecule has 0 heterocycles. The number of carboxylic acids is 1. The molecule has 0 atom stereocenters. The van der Waals surface area contributed by atoms with E-state index in [1.165, 1.54) is 23.1 Å². The number of carbonyl (C=O) groups is 2. The van der Waals surface area contributed by atoms with E-state index in [0.717, 1.165) is 0 Å². The van der Waals surface area contributed by atoms with Crippen molar-refractivity contribution in [3.8, 4) is 0 Å². The summed E-state index contributed by atoms with van der Waals surface area (Å²) in [4.78, 5) is 25.1. The summed E-state index contributed by atoms with van der Waals surface area (Å²) in [5, 5.41) is 11.9. The molecule has 2 N–H and O–H groups in total. The second-order valence-electron chi connectivity index (χ2n) is 4.75. The first-order valence-corrected chi connectivity index (χ1v) is 6.98. The monoisotopic (exact) mass is 296 g/mol. The highest BCUT2D eigenvalue weighted by Crippen LogP contribution is 2.19. The van der Waals surface area contributed by atoms with Crippen LogP contribution in [0.3, 0.4) is 0 Å². The van der Waals surface area contributed by atoms with Gasteiger partial charge in [0.1, 0.15) is 11.4 Å². The van der Waals surface area contributed by atoms with Crippen molar-refractivity contribution >= 4 is 17.7 Å². The van der Waals surface area contributed by atoms with Gasteiger partial charge in [0.25, 0.3) is 0 Å². The summed E-state index contributed by atoms with van der Waals surface area (Å²) in [6, 6.07) is 5.09. The first kappa shape index (κ1) is 16.9. The number of nitrogens with one attached hydrogen (secondary N) is 1. The lowest BCUT2D eigenvalue weighted by Gasteiger charge is -2.31. The maximum atomic E-state index is 13.3. The summed E-state index contributed by atoms with van der Waals surface area (Å²) in [6.45, 7) is 5.45. The predicted octanol–water partition coefficient (Wildman–Crippen LogP) is 3.01. The Morgan fingerprint density at radius 1 is 1.29 bits per heavy atom. The van der Waals surface area contributed by atoms with Gasteiger partial charge in [0, 0.05) is 12.2 Å². The van der Waals surface area contributed by atoms with E-state index in [-0.39, 0.29) is 12.8 Å². The second kappa shape index (κ2) is 7.06. The van der Waals surface area contributed by atoms with Crippen LogP contribution in [0.5, 0.6) is 0 Å². The number of nitrogens with zero attached hydrogens (tertiary/aromatic N) is 1. The molecular formula is C15H21FN2O3. The third-order valence-electron chi connectivity index (χ3n) is 3.64. The lowest BCUT2D eigenvalue weighted by atomic mass is 9.93. The lowest BCUT2D eigenvalue weighted by Crippen LogP contribution is -2.57. The number of urea groups is 1. The number of hydrogen-bond donors (Lipinski definition) is 2. The van der Waals surface area contributed by atoms with Crippen molar-refractivity contribution in [2.45, 2.75) is 39.2 Å². The van der Waals surface area contributed by atoms with Gasteiger partial charge in [-0.05, 0) is 38.0 Å². The van der Waals surface area contributed by atoms with E-state index in [2.05, 4.69) is 5.32 Å². The molecule has 0 aliphatic heterocycles. The summed E-state index contributed by atoms with van der Waals surface area (Å²) in [7, 11) is 0. The molecule has 0 saturated carbocycles. The van der Waals surface area contributed by atoms with Gasteiger partial charge in [0.2, 0.25) is 0 Å². The summed E-state index contributed by atoms with van der Waals surface area (Å²) in [5.41, 5.74) is -0.917. The van der Waals surface area contributed by atoms with E-state index in [9.17, 15) is 19.1 Å². The Labute approximate surface area is 123 Å². The fourth-order valence-corrected chi connectivity index (χ4v) is 2.14. The Bertz CT molecular complexity index is 515. The SMILES string of the molecule is CCN(C(=O)NC(CC)(CC)C(=O)O)c1cccc(F)c1. The highest BCUT2D eigenvalue weighted by molar-refractivity contribution is 5.95. The molecule has 1 rings (SSSR count). The highest BCUT2D eigenvalue weighted by Gasteiger charge is 2.37. The van der Waals surface area contributed by atoms with Crippen molar-refractivity contribution in [2.75, 3.05) is 11.4 Å². The van der Waals surface area contributed by atoms with Crippen molar-refractivity contribution in [3.63, 3.8) is 0 Å². The van der Waals surface area contributed by atoms with Gasteiger partial charge < -0.3 is 10.4 Å². The van der Waals surface area contributed by atoms with Gasteiger partial charge in [0.15, 0.2) is 0 Å². The average molecular weight is 296 g/mol. The number of carbonyl (C=O) groups excluding carboxylic acids is 1. The van der Waals surface area contributed by atoms with Crippen LogP contribution in [0, 0.1) is 5.82 Å². The number of hydrogen-bond acceptors (Lipinski definition) is 2. The lowest BCUT2D eigenvalue weighted by molar-refractivity contribution is -0.144. The van der Waals surface area contributed by atoms with Gasteiger partial charge in [-0.3, -0.25) is 4.90 Å². The van der Waals surface area contributed by atoms with Gasteiger partial charge in [-0.2, -0.15) is 0 Å². The molecule has 2 amide bonds. The summed E-state index contributed by atoms with van der Waals surface area (Å²) in [5.74, 6) is -1.52. The Morgan fingerprint density at radius 3 is 2.33 bits per heavy atom. The number of benzene rings is 1. The van der Waals surface area contributed by atoms with Crippen LogP contribution in [-0.2, 0) is 4.79 Å². The zero-order valence-corrected chi connectivity index (χ0v) is 12.5. The number of amides is 2. The zero-order chi connectivity index (χ0) is 16.0. The van der Waals surface area contributed by atoms with Crippen molar-refractivity contribution < 1.29 is 19.1 Å². The minimum atomic E-state index is -1.31. The Kier molecular flexibility index (Phi) is 5.69. The topological polar surface area (TPSA) is 69.6 Å². The van der Waals surface area contributed by atoms with Crippen LogP contribution in [0.15, 0.2) is 24.3 Å². The Hall–Kier alpha value is -2.11. The molecule has 0 aromatic heterocycles. The zero-order valence-electron chi connectivity index (χ0n) is 12.5. The molecule has 1 aromatic rings. The summed E-state index contributed by atoms with van der Waals surface area (Å²) < 4.78 is 13.3. The third-order valence-corrected chi connectivity index (χ3v) is 3.64. The van der Waals surface area contributed by atoms with Crippen molar-refractivity contribution in [2.24, 2.45) is 0 Å². The van der Waals surface area contributed by atoms with Gasteiger partial charge in [-0.1, -0.05) is 19.9 Å². The molecule has 0 aliphatic rings. The molecule has 21 heavy (non-hydrogen) atoms. The van der Waals surface area contributed by atoms with E-state index in [1.807, 2.05) is 0 Å². The predicted molar refractivity (Wildman–Crippen MR) is 78.9 cm³/mol. The fourth-order valence-electron chi connectivity index (χ4n) is 2.14. The minimum Gasteiger partial charge on any atom is -0.480 e. The molecule has 1 aromatic carbocycles. The van der Waals surface area contributed by atoms with E-state index in [1.54, 1.807) is 26.8 Å². The van der Waals surface area contributed by atoms with Crippen LogP contribution in [-0.4, -0.2) is 29.2 Å². The van der Waals surface area contributed by atoms with E-state index < -0.39 is 23.4 Å². The maximum absolute atomic E-state index is 13.3. The van der Waals surface area contributed by atoms with Crippen LogP contribution >= 0.6 is 0 Å². The van der Waals surface area contributed by atoms with E-state index in [0.29, 0.717) is 12.2 Å². The Balaban J connectivity index is 3.01. The third kappa shape index (κ3) is 3.71. The van der Waals surface area contributed by atoms with E-state index in [4.69, 9.17) is 0 Å². The highest BCUT2D eigenvalue weighted by atomic mass is 19.1. The molecule has 0 unspecified atom stereocenters. The molecule has 6 heteroatoms. The number of halogens is 1. The smallest absolute Gasteiger partial charge is 0.329 e. The van der Waals surface area contributed by atoms with Gasteiger partial charge in [-0.15, -0.1) is 0 Å². The Morgan fingerprint density at radius 2 is 1.90 bits per heavy atom. The van der Waals surface area contributed by atoms with Crippen LogP contribution < -0.4 is 10.2 Å². The molecule has 116 valence electrons. The first-order chi connectivity index (χ1) is 9.90. The largest absolute Gasteiger partial charge is 0.480 e. The molecule has 0 fully saturated rings. The molecular weight excluding hydrogens is 275 g/mol. The molecule has 0 saturated heterocycles. The van der Waals surface area contributed by atoms with Crippen LogP contribution in [0.4, 0.5) is 14.9 Å². The first-order valence-electron chi connectivity index (χ1n) is 6.98. The fraction of sp³-hybridized carbons (Fsp3) is 0.467. The number of carboxylic acid groups (broad SMARTS) is 1. The van der Waals surface area contributed by atoms with Gasteiger partial charge in [0.05, 0.1) is 0 Å². The average Bonchev–Trinajstić information content (AvgIpc) is 2.45. The van der Waals surface area contributed by atoms with Gasteiger partial charge in [-0.25, -0.2) is 14.0 Å². The van der Waals surface area contributed by atoms with E-state index >= 15 is 0 Å². The van der Waals surface area contributed by atoms with Crippen molar-refractivity contribution in [1.29, 1.82) is 0 Å². The minimum absolute atomic E-state index is 0.269. The van der Waals surface area contributed by atoms with Crippen molar-refractivity contribution in [1.82, 2.24) is 5.32 Å². The van der Waals surface area contributed by atoms with Crippen LogP contribution in [0.1, 0.15) is 33.6 Å². The van der Waals surface area contributed by atoms with Crippen molar-refractivity contribution in [3.05, 3.63) is 30.1 Å². The number of rotatable bonds is 6. The molecule has 5 nitrogen and oxygen atoms in total. The van der Waals surface area contributed by atoms with Crippen LogP contribution in [0.2, 0.25) is 0 Å². The normalized spacial score (nSPS) is 11.0. The maximum Gasteiger partial charge on any atom is 0.329 e. The van der Waals surface area contributed by atoms with Crippen LogP contribution in [0.25, 0.3) is 0 Å². The molecule has 0 spiro atoms. The molecule has 0 aliphatic carbocycles. The molecule has 0 bridgehead atoms. The number of anilines is 1. The quantitative estimate of drug-likeness (QED) is 0.847. The summed E-state index contributed by atoms with van der Waals surface area (Å²) >= 11 is 0.